The molecule has 2 nitrogen and oxygen atoms in total. The maximum absolute atomic E-state index is 8.91. The van der Waals surface area contributed by atoms with Gasteiger partial charge in [-0.1, -0.05) is 29.5 Å². The van der Waals surface area contributed by atoms with E-state index in [4.69, 9.17) is 11.0 Å². The normalized spacial score (nSPS) is 9.88. The highest BCUT2D eigenvalue weighted by atomic mass is 32.2. The first kappa shape index (κ1) is 11.6. The molecule has 0 atom stereocenters. The Labute approximate surface area is 105 Å². The van der Waals surface area contributed by atoms with Crippen molar-refractivity contribution in [3.8, 4) is 6.07 Å². The van der Waals surface area contributed by atoms with Crippen molar-refractivity contribution in [2.75, 3.05) is 5.73 Å². The van der Waals surface area contributed by atoms with Gasteiger partial charge in [-0.2, -0.15) is 5.26 Å². The van der Waals surface area contributed by atoms with Crippen LogP contribution in [-0.4, -0.2) is 0 Å². The minimum absolute atomic E-state index is 0.529. The molecule has 84 valence electrons. The van der Waals surface area contributed by atoms with Crippen LogP contribution in [0.1, 0.15) is 11.1 Å². The van der Waals surface area contributed by atoms with Crippen LogP contribution in [0, 0.1) is 18.3 Å². The summed E-state index contributed by atoms with van der Waals surface area (Å²) < 4.78 is 0. The summed E-state index contributed by atoms with van der Waals surface area (Å²) in [5.41, 5.74) is 7.97. The Kier molecular flexibility index (Phi) is 3.36. The minimum Gasteiger partial charge on any atom is -0.398 e. The van der Waals surface area contributed by atoms with E-state index < -0.39 is 0 Å². The van der Waals surface area contributed by atoms with E-state index >= 15 is 0 Å². The second-order valence-electron chi connectivity index (χ2n) is 3.78. The summed E-state index contributed by atoms with van der Waals surface area (Å²) >= 11 is 1.63. The van der Waals surface area contributed by atoms with Gasteiger partial charge in [-0.15, -0.1) is 0 Å². The van der Waals surface area contributed by atoms with Crippen molar-refractivity contribution in [2.45, 2.75) is 16.7 Å². The second kappa shape index (κ2) is 4.94. The van der Waals surface area contributed by atoms with Crippen LogP contribution in [0.5, 0.6) is 0 Å². The van der Waals surface area contributed by atoms with E-state index in [9.17, 15) is 0 Å². The number of anilines is 1. The van der Waals surface area contributed by atoms with Crippen LogP contribution in [-0.2, 0) is 0 Å². The average molecular weight is 240 g/mol. The lowest BCUT2D eigenvalue weighted by Crippen LogP contribution is -1.89. The van der Waals surface area contributed by atoms with E-state index in [1.54, 1.807) is 17.8 Å². The number of hydrogen-bond donors (Lipinski definition) is 1. The fourth-order valence-corrected chi connectivity index (χ4v) is 2.49. The molecule has 0 unspecified atom stereocenters. The second-order valence-corrected chi connectivity index (χ2v) is 4.93. The molecule has 0 bridgehead atoms. The third-order valence-corrected chi connectivity index (χ3v) is 3.35. The van der Waals surface area contributed by atoms with Crippen molar-refractivity contribution in [3.05, 3.63) is 53.6 Å². The van der Waals surface area contributed by atoms with E-state index in [1.807, 2.05) is 18.2 Å². The Morgan fingerprint density at radius 3 is 2.59 bits per heavy atom. The number of nitrogens with zero attached hydrogens (tertiary/aromatic N) is 1. The highest BCUT2D eigenvalue weighted by Gasteiger charge is 2.02. The van der Waals surface area contributed by atoms with E-state index in [-0.39, 0.29) is 0 Å². The summed E-state index contributed by atoms with van der Waals surface area (Å²) in [6.07, 6.45) is 0. The molecule has 0 saturated carbocycles. The molecule has 0 aromatic heterocycles. The van der Waals surface area contributed by atoms with Gasteiger partial charge < -0.3 is 5.73 Å². The smallest absolute Gasteiger partial charge is 0.101 e. The number of benzene rings is 2. The topological polar surface area (TPSA) is 49.8 Å². The Morgan fingerprint density at radius 2 is 1.88 bits per heavy atom. The Hall–Kier alpha value is -1.92. The monoisotopic (exact) mass is 240 g/mol. The van der Waals surface area contributed by atoms with Gasteiger partial charge in [0.1, 0.15) is 6.07 Å². The highest BCUT2D eigenvalue weighted by molar-refractivity contribution is 7.99. The van der Waals surface area contributed by atoms with Gasteiger partial charge in [0.2, 0.25) is 0 Å². The van der Waals surface area contributed by atoms with Crippen molar-refractivity contribution in [1.82, 2.24) is 0 Å². The Balaban J connectivity index is 2.28. The SMILES string of the molecule is Cc1cccc(Sc2ccc(N)c(C#N)c2)c1. The summed E-state index contributed by atoms with van der Waals surface area (Å²) in [7, 11) is 0. The Morgan fingerprint density at radius 1 is 1.12 bits per heavy atom. The molecular formula is C14H12N2S. The quantitative estimate of drug-likeness (QED) is 0.816. The summed E-state index contributed by atoms with van der Waals surface area (Å²) in [4.78, 5) is 2.19. The Bertz CT molecular complexity index is 585. The molecule has 2 aromatic carbocycles. The van der Waals surface area contributed by atoms with Gasteiger partial charge in [-0.25, -0.2) is 0 Å². The summed E-state index contributed by atoms with van der Waals surface area (Å²) in [5.74, 6) is 0. The number of hydrogen-bond acceptors (Lipinski definition) is 3. The molecule has 2 aromatic rings. The van der Waals surface area contributed by atoms with Crippen molar-refractivity contribution < 1.29 is 0 Å². The zero-order chi connectivity index (χ0) is 12.3. The number of nitriles is 1. The highest BCUT2D eigenvalue weighted by Crippen LogP contribution is 2.29. The van der Waals surface area contributed by atoms with Gasteiger partial charge in [0.05, 0.1) is 5.56 Å². The maximum atomic E-state index is 8.91. The lowest BCUT2D eigenvalue weighted by atomic mass is 10.2. The molecule has 3 heteroatoms. The van der Waals surface area contributed by atoms with Crippen LogP contribution < -0.4 is 5.73 Å². The third-order valence-electron chi connectivity index (χ3n) is 2.37. The first-order valence-electron chi connectivity index (χ1n) is 5.23. The standard InChI is InChI=1S/C14H12N2S/c1-10-3-2-4-12(7-10)17-13-5-6-14(16)11(8-13)9-15/h2-8H,16H2,1H3. The minimum atomic E-state index is 0.529. The fraction of sp³-hybridized carbons (Fsp3) is 0.0714. The number of nitrogen functional groups attached to an aromatic ring is 1. The molecule has 0 aliphatic carbocycles. The molecule has 2 rings (SSSR count). The van der Waals surface area contributed by atoms with Crippen LogP contribution >= 0.6 is 11.8 Å². The van der Waals surface area contributed by atoms with Crippen LogP contribution in [0.4, 0.5) is 5.69 Å². The van der Waals surface area contributed by atoms with Crippen LogP contribution in [0.3, 0.4) is 0 Å². The zero-order valence-corrected chi connectivity index (χ0v) is 10.3. The molecule has 0 heterocycles. The molecule has 0 fully saturated rings. The number of rotatable bonds is 2. The first-order chi connectivity index (χ1) is 8.19. The van der Waals surface area contributed by atoms with E-state index in [0.29, 0.717) is 11.3 Å². The molecule has 17 heavy (non-hydrogen) atoms. The lowest BCUT2D eigenvalue weighted by molar-refractivity contribution is 1.34. The number of nitrogens with two attached hydrogens (primary N) is 1. The van der Waals surface area contributed by atoms with Gasteiger partial charge in [0, 0.05) is 15.5 Å². The molecule has 0 saturated heterocycles. The van der Waals surface area contributed by atoms with Gasteiger partial charge in [-0.05, 0) is 37.3 Å². The summed E-state index contributed by atoms with van der Waals surface area (Å²) in [5, 5.41) is 8.91. The first-order valence-corrected chi connectivity index (χ1v) is 6.05. The third kappa shape index (κ3) is 2.80. The lowest BCUT2D eigenvalue weighted by Gasteiger charge is -2.04. The molecule has 2 N–H and O–H groups in total. The summed E-state index contributed by atoms with van der Waals surface area (Å²) in [6.45, 7) is 2.06. The van der Waals surface area contributed by atoms with E-state index in [0.717, 1.165) is 4.90 Å². The van der Waals surface area contributed by atoms with Gasteiger partial charge in [0.15, 0.2) is 0 Å². The average Bonchev–Trinajstić information content (AvgIpc) is 2.32. The predicted molar refractivity (Wildman–Crippen MR) is 70.9 cm³/mol. The van der Waals surface area contributed by atoms with Gasteiger partial charge in [0.25, 0.3) is 0 Å². The van der Waals surface area contributed by atoms with Crippen LogP contribution in [0.2, 0.25) is 0 Å². The zero-order valence-electron chi connectivity index (χ0n) is 9.47. The van der Waals surface area contributed by atoms with Crippen molar-refractivity contribution in [2.24, 2.45) is 0 Å². The largest absolute Gasteiger partial charge is 0.398 e. The molecule has 0 amide bonds. The van der Waals surface area contributed by atoms with Crippen LogP contribution in [0.25, 0.3) is 0 Å². The summed E-state index contributed by atoms with van der Waals surface area (Å²) in [6, 6.07) is 15.9. The van der Waals surface area contributed by atoms with Crippen molar-refractivity contribution >= 4 is 17.4 Å². The fourth-order valence-electron chi connectivity index (χ4n) is 1.51. The molecule has 0 aliphatic heterocycles. The van der Waals surface area contributed by atoms with Crippen molar-refractivity contribution in [1.29, 1.82) is 5.26 Å². The molecule has 0 radical (unpaired) electrons. The van der Waals surface area contributed by atoms with E-state index in [2.05, 4.69) is 31.2 Å². The van der Waals surface area contributed by atoms with Gasteiger partial charge >= 0.3 is 0 Å². The van der Waals surface area contributed by atoms with Crippen LogP contribution in [0.15, 0.2) is 52.3 Å². The molecule has 0 spiro atoms. The van der Waals surface area contributed by atoms with Gasteiger partial charge in [-0.3, -0.25) is 0 Å². The van der Waals surface area contributed by atoms with E-state index in [1.165, 1.54) is 10.5 Å². The predicted octanol–water partition coefficient (Wildman–Crippen LogP) is 3.60. The molecule has 0 aliphatic rings. The maximum Gasteiger partial charge on any atom is 0.101 e. The molecular weight excluding hydrogens is 228 g/mol. The van der Waals surface area contributed by atoms with Crippen molar-refractivity contribution in [3.63, 3.8) is 0 Å². The number of aryl methyl sites for hydroxylation is 1.